The third kappa shape index (κ3) is 2.33. The summed E-state index contributed by atoms with van der Waals surface area (Å²) in [5, 5.41) is 0. The number of aromatic nitrogens is 3. The van der Waals surface area contributed by atoms with Gasteiger partial charge in [0.2, 0.25) is 0 Å². The Morgan fingerprint density at radius 3 is 2.88 bits per heavy atom. The summed E-state index contributed by atoms with van der Waals surface area (Å²) in [7, 11) is 0. The van der Waals surface area contributed by atoms with Crippen molar-refractivity contribution in [2.45, 2.75) is 39.0 Å². The summed E-state index contributed by atoms with van der Waals surface area (Å²) in [6.07, 6.45) is 10.2. The summed E-state index contributed by atoms with van der Waals surface area (Å²) in [6, 6.07) is 1.97. The lowest BCUT2D eigenvalue weighted by atomic mass is 9.81. The molecule has 0 amide bonds. The van der Waals surface area contributed by atoms with Crippen LogP contribution in [0.15, 0.2) is 18.5 Å². The summed E-state index contributed by atoms with van der Waals surface area (Å²) in [6.45, 7) is 2.36. The zero-order chi connectivity index (χ0) is 11.7. The fraction of sp³-hybridized carbons (Fsp3) is 0.571. The molecule has 1 saturated carbocycles. The van der Waals surface area contributed by atoms with Gasteiger partial charge in [-0.2, -0.15) is 0 Å². The van der Waals surface area contributed by atoms with Crippen LogP contribution in [0.4, 0.5) is 0 Å². The maximum absolute atomic E-state index is 4.63. The van der Waals surface area contributed by atoms with Crippen LogP contribution in [0.1, 0.15) is 38.4 Å². The van der Waals surface area contributed by atoms with E-state index in [-0.39, 0.29) is 0 Å². The summed E-state index contributed by atoms with van der Waals surface area (Å²) >= 11 is 0. The van der Waals surface area contributed by atoms with E-state index >= 15 is 0 Å². The van der Waals surface area contributed by atoms with Gasteiger partial charge in [0.05, 0.1) is 17.2 Å². The number of hydrogen-bond acceptors (Lipinski definition) is 2. The molecule has 0 saturated heterocycles. The molecular weight excluding hydrogens is 210 g/mol. The van der Waals surface area contributed by atoms with Gasteiger partial charge < -0.3 is 4.98 Å². The van der Waals surface area contributed by atoms with E-state index in [1.807, 2.05) is 12.3 Å². The van der Waals surface area contributed by atoms with Crippen molar-refractivity contribution in [1.82, 2.24) is 15.0 Å². The van der Waals surface area contributed by atoms with Gasteiger partial charge in [0.25, 0.3) is 0 Å². The van der Waals surface area contributed by atoms with E-state index in [0.29, 0.717) is 0 Å². The molecule has 1 fully saturated rings. The summed E-state index contributed by atoms with van der Waals surface area (Å²) < 4.78 is 0. The number of fused-ring (bicyclic) bond motifs is 1. The lowest BCUT2D eigenvalue weighted by molar-refractivity contribution is 0.286. The molecule has 0 bridgehead atoms. The number of nitrogens with zero attached hydrogens (tertiary/aromatic N) is 2. The van der Waals surface area contributed by atoms with Crippen molar-refractivity contribution in [1.29, 1.82) is 0 Å². The maximum Gasteiger partial charge on any atom is 0.107 e. The SMILES string of the molecule is CC1CCC(Cc2nc3ccncc3[nH]2)CC1. The van der Waals surface area contributed by atoms with E-state index in [1.54, 1.807) is 6.20 Å². The van der Waals surface area contributed by atoms with E-state index in [0.717, 1.165) is 35.1 Å². The lowest BCUT2D eigenvalue weighted by Gasteiger charge is -2.25. The molecule has 3 nitrogen and oxygen atoms in total. The summed E-state index contributed by atoms with van der Waals surface area (Å²) in [5.74, 6) is 2.87. The number of hydrogen-bond donors (Lipinski definition) is 1. The highest BCUT2D eigenvalue weighted by Crippen LogP contribution is 2.30. The van der Waals surface area contributed by atoms with Gasteiger partial charge in [-0.05, 0) is 30.7 Å². The number of imidazole rings is 1. The van der Waals surface area contributed by atoms with Gasteiger partial charge >= 0.3 is 0 Å². The predicted molar refractivity (Wildman–Crippen MR) is 68.7 cm³/mol. The first-order valence-corrected chi connectivity index (χ1v) is 6.60. The molecule has 1 aliphatic carbocycles. The van der Waals surface area contributed by atoms with Crippen molar-refractivity contribution in [3.8, 4) is 0 Å². The van der Waals surface area contributed by atoms with Crippen molar-refractivity contribution < 1.29 is 0 Å². The average molecular weight is 229 g/mol. The molecule has 17 heavy (non-hydrogen) atoms. The smallest absolute Gasteiger partial charge is 0.107 e. The first-order valence-electron chi connectivity index (χ1n) is 6.60. The van der Waals surface area contributed by atoms with Crippen LogP contribution in [0.5, 0.6) is 0 Å². The molecular formula is C14H19N3. The van der Waals surface area contributed by atoms with E-state index in [4.69, 9.17) is 0 Å². The van der Waals surface area contributed by atoms with Crippen LogP contribution in [-0.4, -0.2) is 15.0 Å². The molecule has 3 heteroatoms. The second-order valence-corrected chi connectivity index (χ2v) is 5.41. The Bertz CT molecular complexity index is 462. The molecule has 90 valence electrons. The summed E-state index contributed by atoms with van der Waals surface area (Å²) in [4.78, 5) is 12.1. The molecule has 2 heterocycles. The Kier molecular flexibility index (Phi) is 2.83. The predicted octanol–water partition coefficient (Wildman–Crippen LogP) is 3.33. The molecule has 0 unspecified atom stereocenters. The summed E-state index contributed by atoms with van der Waals surface area (Å²) in [5.41, 5.74) is 2.10. The molecule has 0 atom stereocenters. The van der Waals surface area contributed by atoms with Gasteiger partial charge in [0, 0.05) is 12.6 Å². The van der Waals surface area contributed by atoms with Gasteiger partial charge in [0.1, 0.15) is 5.82 Å². The minimum Gasteiger partial charge on any atom is -0.341 e. The highest BCUT2D eigenvalue weighted by molar-refractivity contribution is 5.73. The highest BCUT2D eigenvalue weighted by atomic mass is 14.9. The molecule has 0 radical (unpaired) electrons. The fourth-order valence-corrected chi connectivity index (χ4v) is 2.81. The largest absolute Gasteiger partial charge is 0.341 e. The van der Waals surface area contributed by atoms with Crippen LogP contribution in [0.2, 0.25) is 0 Å². The fourth-order valence-electron chi connectivity index (χ4n) is 2.81. The number of pyridine rings is 1. The number of rotatable bonds is 2. The first kappa shape index (κ1) is 10.8. The molecule has 3 rings (SSSR count). The minimum atomic E-state index is 0.819. The van der Waals surface area contributed by atoms with Crippen LogP contribution in [-0.2, 0) is 6.42 Å². The Morgan fingerprint density at radius 1 is 1.29 bits per heavy atom. The quantitative estimate of drug-likeness (QED) is 0.858. The lowest BCUT2D eigenvalue weighted by Crippen LogP contribution is -2.14. The minimum absolute atomic E-state index is 0.819. The maximum atomic E-state index is 4.63. The Balaban J connectivity index is 1.72. The van der Waals surface area contributed by atoms with E-state index < -0.39 is 0 Å². The normalized spacial score (nSPS) is 25.2. The Hall–Kier alpha value is -1.38. The van der Waals surface area contributed by atoms with E-state index in [2.05, 4.69) is 21.9 Å². The van der Waals surface area contributed by atoms with Crippen LogP contribution in [0, 0.1) is 11.8 Å². The van der Waals surface area contributed by atoms with Crippen molar-refractivity contribution >= 4 is 11.0 Å². The molecule has 2 aromatic heterocycles. The zero-order valence-electron chi connectivity index (χ0n) is 10.3. The molecule has 0 spiro atoms. The van der Waals surface area contributed by atoms with Crippen LogP contribution >= 0.6 is 0 Å². The Morgan fingerprint density at radius 2 is 2.12 bits per heavy atom. The van der Waals surface area contributed by atoms with Gasteiger partial charge in [-0.25, -0.2) is 4.98 Å². The van der Waals surface area contributed by atoms with Crippen LogP contribution in [0.3, 0.4) is 0 Å². The molecule has 2 aromatic rings. The molecule has 0 aromatic carbocycles. The van der Waals surface area contributed by atoms with Crippen molar-refractivity contribution in [3.05, 3.63) is 24.3 Å². The van der Waals surface area contributed by atoms with Gasteiger partial charge in [0.15, 0.2) is 0 Å². The Labute approximate surface area is 102 Å². The standard InChI is InChI=1S/C14H19N3/c1-10-2-4-11(5-3-10)8-14-16-12-6-7-15-9-13(12)17-14/h6-7,9-11H,2-5,8H2,1H3,(H,16,17). The van der Waals surface area contributed by atoms with Crippen LogP contribution < -0.4 is 0 Å². The van der Waals surface area contributed by atoms with E-state index in [1.165, 1.54) is 25.7 Å². The van der Waals surface area contributed by atoms with Crippen LogP contribution in [0.25, 0.3) is 11.0 Å². The monoisotopic (exact) mass is 229 g/mol. The highest BCUT2D eigenvalue weighted by Gasteiger charge is 2.19. The van der Waals surface area contributed by atoms with Crippen molar-refractivity contribution in [3.63, 3.8) is 0 Å². The molecule has 1 aliphatic rings. The van der Waals surface area contributed by atoms with E-state index in [9.17, 15) is 0 Å². The molecule has 0 aliphatic heterocycles. The third-order valence-electron chi connectivity index (χ3n) is 3.95. The second kappa shape index (κ2) is 4.47. The van der Waals surface area contributed by atoms with Crippen molar-refractivity contribution in [2.24, 2.45) is 11.8 Å². The van der Waals surface area contributed by atoms with Gasteiger partial charge in [-0.15, -0.1) is 0 Å². The number of nitrogens with one attached hydrogen (secondary N) is 1. The zero-order valence-corrected chi connectivity index (χ0v) is 10.3. The molecule has 1 N–H and O–H groups in total. The van der Waals surface area contributed by atoms with Crippen molar-refractivity contribution in [2.75, 3.05) is 0 Å². The number of aromatic amines is 1. The first-order chi connectivity index (χ1) is 8.31. The average Bonchev–Trinajstić information content (AvgIpc) is 2.74. The third-order valence-corrected chi connectivity index (χ3v) is 3.95. The van der Waals surface area contributed by atoms with Gasteiger partial charge in [-0.1, -0.05) is 19.8 Å². The topological polar surface area (TPSA) is 41.6 Å². The second-order valence-electron chi connectivity index (χ2n) is 5.41. The van der Waals surface area contributed by atoms with Gasteiger partial charge in [-0.3, -0.25) is 4.98 Å². The number of H-pyrrole nitrogens is 1.